The van der Waals surface area contributed by atoms with Crippen LogP contribution in [0.3, 0.4) is 0 Å². The molecule has 0 radical (unpaired) electrons. The van der Waals surface area contributed by atoms with Crippen molar-refractivity contribution in [2.45, 2.75) is 94.5 Å². The molecule has 0 unspecified atom stereocenters. The van der Waals surface area contributed by atoms with E-state index in [1.165, 1.54) is 119 Å². The van der Waals surface area contributed by atoms with Crippen molar-refractivity contribution in [2.24, 2.45) is 0 Å². The largest absolute Gasteiger partial charge is 0.493 e. The average molecular weight is 563 g/mol. The summed E-state index contributed by atoms with van der Waals surface area (Å²) in [6.45, 7) is 6.78. The number of unbranched alkanes of at least 4 members (excludes halogenated alkanes) is 2. The molecule has 6 heteroatoms. The van der Waals surface area contributed by atoms with E-state index in [0.29, 0.717) is 0 Å². The molecule has 6 nitrogen and oxygen atoms in total. The highest BCUT2D eigenvalue weighted by Crippen LogP contribution is 2.50. The molecule has 41 heavy (non-hydrogen) atoms. The third-order valence-corrected chi connectivity index (χ3v) is 10.8. The van der Waals surface area contributed by atoms with Crippen LogP contribution in [0.15, 0.2) is 24.3 Å². The normalized spacial score (nSPS) is 21.2. The highest BCUT2D eigenvalue weighted by molar-refractivity contribution is 5.52. The summed E-state index contributed by atoms with van der Waals surface area (Å²) >= 11 is 0. The Morgan fingerprint density at radius 1 is 0.537 bits per heavy atom. The van der Waals surface area contributed by atoms with Gasteiger partial charge in [0.2, 0.25) is 0 Å². The summed E-state index contributed by atoms with van der Waals surface area (Å²) < 4.78 is 22.7. The second-order valence-electron chi connectivity index (χ2n) is 13.2. The first-order chi connectivity index (χ1) is 20.0. The Labute approximate surface area is 247 Å². The van der Waals surface area contributed by atoms with Crippen LogP contribution in [0.1, 0.15) is 92.9 Å². The van der Waals surface area contributed by atoms with Gasteiger partial charge in [0, 0.05) is 37.0 Å². The third kappa shape index (κ3) is 5.43. The van der Waals surface area contributed by atoms with E-state index in [1.54, 1.807) is 28.4 Å². The third-order valence-electron chi connectivity index (χ3n) is 10.8. The van der Waals surface area contributed by atoms with E-state index in [9.17, 15) is 0 Å². The number of nitrogens with zero attached hydrogens (tertiary/aromatic N) is 2. The van der Waals surface area contributed by atoms with Crippen molar-refractivity contribution in [3.63, 3.8) is 0 Å². The SMILES string of the molecule is COc1cc2c(cc1OC)C1(CCCC1)CN(CCCCCN1Cc3cc(OC)c(OC)cc3C3(CCCC3)C1)C2. The van der Waals surface area contributed by atoms with Crippen molar-refractivity contribution < 1.29 is 18.9 Å². The van der Waals surface area contributed by atoms with E-state index >= 15 is 0 Å². The van der Waals surface area contributed by atoms with Crippen LogP contribution in [0.4, 0.5) is 0 Å². The second kappa shape index (κ2) is 12.0. The van der Waals surface area contributed by atoms with Crippen molar-refractivity contribution in [3.8, 4) is 23.0 Å². The molecule has 2 aromatic rings. The molecule has 2 saturated carbocycles. The quantitative estimate of drug-likeness (QED) is 0.295. The number of benzene rings is 2. The van der Waals surface area contributed by atoms with Gasteiger partial charge in [-0.05, 0) is 98.1 Å². The Balaban J connectivity index is 1.07. The number of hydrogen-bond donors (Lipinski definition) is 0. The summed E-state index contributed by atoms with van der Waals surface area (Å²) in [6, 6.07) is 9.07. The summed E-state index contributed by atoms with van der Waals surface area (Å²) in [5.41, 5.74) is 6.49. The molecule has 0 N–H and O–H groups in total. The summed E-state index contributed by atoms with van der Waals surface area (Å²) in [5, 5.41) is 0. The lowest BCUT2D eigenvalue weighted by Gasteiger charge is -2.43. The maximum absolute atomic E-state index is 5.69. The van der Waals surface area contributed by atoms with E-state index < -0.39 is 0 Å². The Morgan fingerprint density at radius 3 is 1.27 bits per heavy atom. The van der Waals surface area contributed by atoms with Crippen LogP contribution in [0.5, 0.6) is 23.0 Å². The maximum Gasteiger partial charge on any atom is 0.161 e. The van der Waals surface area contributed by atoms with Gasteiger partial charge < -0.3 is 18.9 Å². The van der Waals surface area contributed by atoms with Crippen LogP contribution in [-0.4, -0.2) is 64.4 Å². The molecule has 224 valence electrons. The molecule has 2 spiro atoms. The van der Waals surface area contributed by atoms with Gasteiger partial charge in [0.15, 0.2) is 23.0 Å². The van der Waals surface area contributed by atoms with Crippen molar-refractivity contribution >= 4 is 0 Å². The van der Waals surface area contributed by atoms with Crippen LogP contribution < -0.4 is 18.9 Å². The van der Waals surface area contributed by atoms with Gasteiger partial charge in [-0.2, -0.15) is 0 Å². The number of rotatable bonds is 10. The minimum atomic E-state index is 0.285. The molecule has 2 fully saturated rings. The van der Waals surface area contributed by atoms with E-state index in [1.807, 2.05) is 0 Å². The summed E-state index contributed by atoms with van der Waals surface area (Å²) in [5.74, 6) is 3.48. The fourth-order valence-electron chi connectivity index (χ4n) is 8.83. The maximum atomic E-state index is 5.69. The Kier molecular flexibility index (Phi) is 8.42. The molecule has 2 aromatic carbocycles. The summed E-state index contributed by atoms with van der Waals surface area (Å²) in [7, 11) is 7.01. The predicted octanol–water partition coefficient (Wildman–Crippen LogP) is 6.85. The van der Waals surface area contributed by atoms with Gasteiger partial charge >= 0.3 is 0 Å². The standard InChI is InChI=1S/C35H50N2O4/c1-38-30-18-26-22-36(24-34(12-6-7-13-34)28(26)20-32(30)40-3)16-10-5-11-17-37-23-27-19-31(39-2)33(41-4)21-29(27)35(25-37)14-8-9-15-35/h18-21H,5-17,22-25H2,1-4H3. The molecule has 2 aliphatic carbocycles. The Bertz CT molecular complexity index is 1120. The number of ether oxygens (including phenoxy) is 4. The average Bonchev–Trinajstić information content (AvgIpc) is 3.66. The summed E-state index contributed by atoms with van der Waals surface area (Å²) in [6.07, 6.45) is 14.3. The summed E-state index contributed by atoms with van der Waals surface area (Å²) in [4.78, 5) is 5.45. The smallest absolute Gasteiger partial charge is 0.161 e. The molecule has 0 amide bonds. The number of hydrogen-bond acceptors (Lipinski definition) is 6. The molecule has 0 aromatic heterocycles. The zero-order valence-electron chi connectivity index (χ0n) is 25.9. The van der Waals surface area contributed by atoms with Crippen molar-refractivity contribution in [2.75, 3.05) is 54.6 Å². The van der Waals surface area contributed by atoms with Gasteiger partial charge in [0.25, 0.3) is 0 Å². The van der Waals surface area contributed by atoms with Crippen molar-refractivity contribution in [1.29, 1.82) is 0 Å². The predicted molar refractivity (Wildman–Crippen MR) is 164 cm³/mol. The van der Waals surface area contributed by atoms with Crippen molar-refractivity contribution in [3.05, 3.63) is 46.5 Å². The molecule has 6 rings (SSSR count). The van der Waals surface area contributed by atoms with Gasteiger partial charge in [-0.3, -0.25) is 9.80 Å². The molecule has 0 atom stereocenters. The number of fused-ring (bicyclic) bond motifs is 4. The van der Waals surface area contributed by atoms with Crippen LogP contribution in [0, 0.1) is 0 Å². The zero-order chi connectivity index (χ0) is 28.5. The molecular weight excluding hydrogens is 512 g/mol. The lowest BCUT2D eigenvalue weighted by Crippen LogP contribution is -2.45. The molecule has 2 aliphatic heterocycles. The highest BCUT2D eigenvalue weighted by Gasteiger charge is 2.43. The fourth-order valence-corrected chi connectivity index (χ4v) is 8.83. The Hall–Kier alpha value is -2.44. The number of methoxy groups -OCH3 is 4. The van der Waals surface area contributed by atoms with Gasteiger partial charge in [-0.15, -0.1) is 0 Å². The fraction of sp³-hybridized carbons (Fsp3) is 0.657. The van der Waals surface area contributed by atoms with Gasteiger partial charge in [0.05, 0.1) is 28.4 Å². The minimum absolute atomic E-state index is 0.285. The first-order valence-corrected chi connectivity index (χ1v) is 16.0. The van der Waals surface area contributed by atoms with E-state index in [2.05, 4.69) is 34.1 Å². The first kappa shape index (κ1) is 28.7. The van der Waals surface area contributed by atoms with Crippen LogP contribution >= 0.6 is 0 Å². The molecule has 4 aliphatic rings. The molecular formula is C35H50N2O4. The Morgan fingerprint density at radius 2 is 0.902 bits per heavy atom. The second-order valence-corrected chi connectivity index (χ2v) is 13.2. The minimum Gasteiger partial charge on any atom is -0.493 e. The molecule has 2 heterocycles. The van der Waals surface area contributed by atoms with Gasteiger partial charge in [-0.1, -0.05) is 32.1 Å². The van der Waals surface area contributed by atoms with Gasteiger partial charge in [0.1, 0.15) is 0 Å². The molecule has 0 saturated heterocycles. The van der Waals surface area contributed by atoms with E-state index in [0.717, 1.165) is 36.1 Å². The topological polar surface area (TPSA) is 43.4 Å². The monoisotopic (exact) mass is 562 g/mol. The van der Waals surface area contributed by atoms with Crippen LogP contribution in [0.25, 0.3) is 0 Å². The van der Waals surface area contributed by atoms with Crippen LogP contribution in [0.2, 0.25) is 0 Å². The first-order valence-electron chi connectivity index (χ1n) is 16.0. The lowest BCUT2D eigenvalue weighted by molar-refractivity contribution is 0.162. The molecule has 0 bridgehead atoms. The van der Waals surface area contributed by atoms with Crippen LogP contribution in [-0.2, 0) is 23.9 Å². The zero-order valence-corrected chi connectivity index (χ0v) is 25.9. The van der Waals surface area contributed by atoms with Gasteiger partial charge in [-0.25, -0.2) is 0 Å². The van der Waals surface area contributed by atoms with E-state index in [-0.39, 0.29) is 10.8 Å². The van der Waals surface area contributed by atoms with E-state index in [4.69, 9.17) is 18.9 Å². The van der Waals surface area contributed by atoms with Crippen molar-refractivity contribution in [1.82, 2.24) is 9.80 Å². The highest BCUT2D eigenvalue weighted by atomic mass is 16.5. The lowest BCUT2D eigenvalue weighted by atomic mass is 9.73.